The summed E-state index contributed by atoms with van der Waals surface area (Å²) in [6.07, 6.45) is 1.16. The van der Waals surface area contributed by atoms with Gasteiger partial charge in [0.25, 0.3) is 0 Å². The van der Waals surface area contributed by atoms with Gasteiger partial charge in [0.2, 0.25) is 5.82 Å². The van der Waals surface area contributed by atoms with E-state index in [1.54, 1.807) is 26.2 Å². The van der Waals surface area contributed by atoms with Gasteiger partial charge in [0, 0.05) is 18.6 Å². The molecule has 0 bridgehead atoms. The Kier molecular flexibility index (Phi) is 5.84. The summed E-state index contributed by atoms with van der Waals surface area (Å²) >= 11 is 0. The lowest BCUT2D eigenvalue weighted by atomic mass is 9.91. The second-order valence-corrected chi connectivity index (χ2v) is 6.18. The summed E-state index contributed by atoms with van der Waals surface area (Å²) in [5.74, 6) is -2.82. The fraction of sp³-hybridized carbons (Fsp3) is 0.400. The molecule has 2 unspecified atom stereocenters. The molecule has 0 N–H and O–H groups in total. The molecule has 0 aromatic heterocycles. The summed E-state index contributed by atoms with van der Waals surface area (Å²) in [7, 11) is 1.57. The van der Waals surface area contributed by atoms with Crippen molar-refractivity contribution in [3.63, 3.8) is 0 Å². The highest BCUT2D eigenvalue weighted by Gasteiger charge is 2.25. The normalized spacial score (nSPS) is 20.2. The summed E-state index contributed by atoms with van der Waals surface area (Å²) in [6.45, 7) is 2.27. The molecule has 6 heteroatoms. The Morgan fingerprint density at radius 3 is 2.50 bits per heavy atom. The zero-order chi connectivity index (χ0) is 18.7. The number of hydrogen-bond acceptors (Lipinski definition) is 3. The number of rotatable bonds is 5. The Labute approximate surface area is 150 Å². The van der Waals surface area contributed by atoms with Crippen molar-refractivity contribution >= 4 is 0 Å². The average Bonchev–Trinajstić information content (AvgIpc) is 2.66. The minimum atomic E-state index is -1.07. The molecule has 0 aliphatic carbocycles. The van der Waals surface area contributed by atoms with Crippen molar-refractivity contribution in [2.24, 2.45) is 0 Å². The van der Waals surface area contributed by atoms with Gasteiger partial charge >= 0.3 is 0 Å². The lowest BCUT2D eigenvalue weighted by Gasteiger charge is -2.28. The molecule has 3 nitrogen and oxygen atoms in total. The van der Waals surface area contributed by atoms with E-state index in [4.69, 9.17) is 14.2 Å². The van der Waals surface area contributed by atoms with Crippen molar-refractivity contribution in [1.29, 1.82) is 0 Å². The van der Waals surface area contributed by atoms with Crippen LogP contribution in [0, 0.1) is 17.5 Å². The number of benzene rings is 2. The lowest BCUT2D eigenvalue weighted by Crippen LogP contribution is -2.26. The third kappa shape index (κ3) is 3.71. The van der Waals surface area contributed by atoms with Gasteiger partial charge < -0.3 is 14.2 Å². The monoisotopic (exact) mass is 366 g/mol. The highest BCUT2D eigenvalue weighted by atomic mass is 19.2. The van der Waals surface area contributed by atoms with Gasteiger partial charge in [0.05, 0.1) is 13.2 Å². The Hall–Kier alpha value is -2.05. The van der Waals surface area contributed by atoms with E-state index in [0.29, 0.717) is 18.6 Å². The molecule has 140 valence electrons. The predicted octanol–water partition coefficient (Wildman–Crippen LogP) is 5.04. The van der Waals surface area contributed by atoms with E-state index in [2.05, 4.69) is 0 Å². The third-order valence-electron chi connectivity index (χ3n) is 4.60. The van der Waals surface area contributed by atoms with Crippen LogP contribution < -0.4 is 4.74 Å². The Morgan fingerprint density at radius 2 is 1.88 bits per heavy atom. The Bertz CT molecular complexity index is 771. The summed E-state index contributed by atoms with van der Waals surface area (Å²) in [4.78, 5) is 0. The number of methoxy groups -OCH3 is 1. The summed E-state index contributed by atoms with van der Waals surface area (Å²) < 4.78 is 58.7. The van der Waals surface area contributed by atoms with E-state index in [0.717, 1.165) is 6.42 Å². The van der Waals surface area contributed by atoms with Crippen LogP contribution in [0.25, 0.3) is 11.1 Å². The van der Waals surface area contributed by atoms with Crippen molar-refractivity contribution in [2.75, 3.05) is 20.3 Å². The van der Waals surface area contributed by atoms with Gasteiger partial charge in [-0.25, -0.2) is 8.78 Å². The molecule has 1 saturated heterocycles. The predicted molar refractivity (Wildman–Crippen MR) is 91.6 cm³/mol. The van der Waals surface area contributed by atoms with Gasteiger partial charge in [0.15, 0.2) is 17.9 Å². The van der Waals surface area contributed by atoms with Crippen molar-refractivity contribution in [3.05, 3.63) is 53.3 Å². The first kappa shape index (κ1) is 18.7. The van der Waals surface area contributed by atoms with Crippen molar-refractivity contribution < 1.29 is 27.4 Å². The maximum absolute atomic E-state index is 14.6. The molecule has 1 fully saturated rings. The Morgan fingerprint density at radius 1 is 1.08 bits per heavy atom. The van der Waals surface area contributed by atoms with Crippen LogP contribution in [0.15, 0.2) is 30.3 Å². The lowest BCUT2D eigenvalue weighted by molar-refractivity contribution is -0.151. The van der Waals surface area contributed by atoms with Crippen LogP contribution in [0.2, 0.25) is 0 Å². The molecule has 2 aromatic carbocycles. The van der Waals surface area contributed by atoms with Crippen LogP contribution in [0.4, 0.5) is 13.2 Å². The summed E-state index contributed by atoms with van der Waals surface area (Å²) in [6, 6.07) is 7.18. The molecule has 1 aliphatic heterocycles. The van der Waals surface area contributed by atoms with E-state index in [9.17, 15) is 13.2 Å². The summed E-state index contributed by atoms with van der Waals surface area (Å²) in [5, 5.41) is 0. The first-order valence-electron chi connectivity index (χ1n) is 8.60. The molecule has 0 radical (unpaired) electrons. The molecule has 1 aliphatic rings. The second-order valence-electron chi connectivity index (χ2n) is 6.18. The summed E-state index contributed by atoms with van der Waals surface area (Å²) in [5.41, 5.74) is 0.781. The molecule has 0 spiro atoms. The first-order valence-corrected chi connectivity index (χ1v) is 8.60. The molecule has 26 heavy (non-hydrogen) atoms. The van der Waals surface area contributed by atoms with E-state index < -0.39 is 17.5 Å². The second kappa shape index (κ2) is 8.10. The zero-order valence-electron chi connectivity index (χ0n) is 14.7. The third-order valence-corrected chi connectivity index (χ3v) is 4.60. The topological polar surface area (TPSA) is 27.7 Å². The number of halogens is 3. The molecule has 0 amide bonds. The fourth-order valence-electron chi connectivity index (χ4n) is 3.21. The highest BCUT2D eigenvalue weighted by Crippen LogP contribution is 2.34. The first-order chi connectivity index (χ1) is 12.5. The molecular formula is C20H21F3O3. The van der Waals surface area contributed by atoms with Gasteiger partial charge in [-0.15, -0.1) is 0 Å². The van der Waals surface area contributed by atoms with Crippen LogP contribution in [0.3, 0.4) is 0 Å². The fourth-order valence-corrected chi connectivity index (χ4v) is 3.21. The van der Waals surface area contributed by atoms with Crippen molar-refractivity contribution in [3.8, 4) is 16.9 Å². The SMILES string of the molecule is CCOc1ccc(-c2ccc(C3CCC(OC)OC3)c(F)c2)c(F)c1F. The van der Waals surface area contributed by atoms with Gasteiger partial charge in [-0.3, -0.25) is 0 Å². The van der Waals surface area contributed by atoms with Crippen molar-refractivity contribution in [1.82, 2.24) is 0 Å². The Balaban J connectivity index is 1.85. The molecule has 0 saturated carbocycles. The largest absolute Gasteiger partial charge is 0.491 e. The minimum Gasteiger partial charge on any atom is -0.491 e. The highest BCUT2D eigenvalue weighted by molar-refractivity contribution is 5.66. The van der Waals surface area contributed by atoms with Gasteiger partial charge in [-0.2, -0.15) is 4.39 Å². The van der Waals surface area contributed by atoms with Crippen molar-refractivity contribution in [2.45, 2.75) is 32.0 Å². The molecular weight excluding hydrogens is 345 g/mol. The van der Waals surface area contributed by atoms with E-state index >= 15 is 0 Å². The van der Waals surface area contributed by atoms with Gasteiger partial charge in [0.1, 0.15) is 5.82 Å². The smallest absolute Gasteiger partial charge is 0.201 e. The molecule has 2 atom stereocenters. The standard InChI is InChI=1S/C20H21F3O3/c1-3-25-17-8-7-15(19(22)20(17)23)12-4-6-14(16(21)10-12)13-5-9-18(24-2)26-11-13/h4,6-8,10,13,18H,3,5,9,11H2,1-2H3. The van der Waals surface area contributed by atoms with Crippen LogP contribution >= 0.6 is 0 Å². The van der Waals surface area contributed by atoms with Crippen LogP contribution in [-0.2, 0) is 9.47 Å². The van der Waals surface area contributed by atoms with E-state index in [-0.39, 0.29) is 35.7 Å². The maximum atomic E-state index is 14.6. The van der Waals surface area contributed by atoms with Crippen LogP contribution in [0.1, 0.15) is 31.2 Å². The average molecular weight is 366 g/mol. The molecule has 2 aromatic rings. The van der Waals surface area contributed by atoms with E-state index in [1.807, 2.05) is 0 Å². The molecule has 1 heterocycles. The van der Waals surface area contributed by atoms with Crippen LogP contribution in [0.5, 0.6) is 5.75 Å². The zero-order valence-corrected chi connectivity index (χ0v) is 14.7. The van der Waals surface area contributed by atoms with Gasteiger partial charge in [-0.05, 0) is 49.1 Å². The minimum absolute atomic E-state index is 0.00394. The van der Waals surface area contributed by atoms with Crippen LogP contribution in [-0.4, -0.2) is 26.6 Å². The maximum Gasteiger partial charge on any atom is 0.201 e. The molecule has 3 rings (SSSR count). The number of ether oxygens (including phenoxy) is 3. The quantitative estimate of drug-likeness (QED) is 0.742. The number of hydrogen-bond donors (Lipinski definition) is 0. The van der Waals surface area contributed by atoms with Gasteiger partial charge in [-0.1, -0.05) is 12.1 Å². The van der Waals surface area contributed by atoms with E-state index in [1.165, 1.54) is 18.2 Å².